The van der Waals surface area contributed by atoms with Gasteiger partial charge in [-0.15, -0.1) is 0 Å². The van der Waals surface area contributed by atoms with Crippen molar-refractivity contribution in [1.82, 2.24) is 0 Å². The van der Waals surface area contributed by atoms with Crippen molar-refractivity contribution >= 4 is 11.4 Å². The Labute approximate surface area is 83.9 Å². The summed E-state index contributed by atoms with van der Waals surface area (Å²) in [5.74, 6) is 0. The van der Waals surface area contributed by atoms with Crippen LogP contribution in [0.1, 0.15) is 31.4 Å². The number of anilines is 2. The smallest absolute Gasteiger partial charge is 0.0762 e. The van der Waals surface area contributed by atoms with Gasteiger partial charge < -0.3 is 16.2 Å². The van der Waals surface area contributed by atoms with E-state index in [9.17, 15) is 5.11 Å². The molecule has 0 aliphatic heterocycles. The monoisotopic (exact) mass is 192 g/mol. The van der Waals surface area contributed by atoms with Crippen LogP contribution >= 0.6 is 0 Å². The summed E-state index contributed by atoms with van der Waals surface area (Å²) in [6.45, 7) is 1.74. The molecule has 76 valence electrons. The van der Waals surface area contributed by atoms with Crippen LogP contribution in [0.4, 0.5) is 11.4 Å². The second-order valence-corrected chi connectivity index (χ2v) is 3.94. The predicted octanol–water partition coefficient (Wildman–Crippen LogP) is 1.90. The van der Waals surface area contributed by atoms with Gasteiger partial charge in [0.15, 0.2) is 0 Å². The van der Waals surface area contributed by atoms with E-state index < -0.39 is 6.10 Å². The van der Waals surface area contributed by atoms with Gasteiger partial charge in [-0.05, 0) is 37.5 Å². The molecule has 1 aliphatic carbocycles. The first-order valence-corrected chi connectivity index (χ1v) is 5.01. The highest BCUT2D eigenvalue weighted by molar-refractivity contribution is 5.67. The van der Waals surface area contributed by atoms with Crippen LogP contribution in [0.3, 0.4) is 0 Å². The van der Waals surface area contributed by atoms with Crippen LogP contribution in [-0.2, 0) is 0 Å². The molecule has 1 aromatic rings. The molecule has 0 unspecified atom stereocenters. The zero-order valence-corrected chi connectivity index (χ0v) is 8.33. The summed E-state index contributed by atoms with van der Waals surface area (Å²) in [6.07, 6.45) is 2.02. The van der Waals surface area contributed by atoms with Crippen molar-refractivity contribution in [2.24, 2.45) is 0 Å². The summed E-state index contributed by atoms with van der Waals surface area (Å²) in [7, 11) is 0. The van der Waals surface area contributed by atoms with Crippen LogP contribution in [0.5, 0.6) is 0 Å². The van der Waals surface area contributed by atoms with Crippen molar-refractivity contribution < 1.29 is 5.11 Å². The molecule has 0 amide bonds. The highest BCUT2D eigenvalue weighted by Crippen LogP contribution is 2.29. The van der Waals surface area contributed by atoms with Gasteiger partial charge in [0.1, 0.15) is 0 Å². The van der Waals surface area contributed by atoms with Crippen molar-refractivity contribution in [1.29, 1.82) is 0 Å². The maximum absolute atomic E-state index is 9.36. The van der Waals surface area contributed by atoms with Gasteiger partial charge in [-0.3, -0.25) is 0 Å². The number of nitrogen functional groups attached to an aromatic ring is 1. The van der Waals surface area contributed by atoms with Crippen LogP contribution in [0.2, 0.25) is 0 Å². The summed E-state index contributed by atoms with van der Waals surface area (Å²) in [6, 6.07) is 6.28. The first-order valence-electron chi connectivity index (χ1n) is 5.01. The van der Waals surface area contributed by atoms with Crippen molar-refractivity contribution in [3.8, 4) is 0 Å². The van der Waals surface area contributed by atoms with Crippen molar-refractivity contribution in [2.45, 2.75) is 31.9 Å². The molecule has 0 saturated heterocycles. The third kappa shape index (κ3) is 1.99. The molecule has 14 heavy (non-hydrogen) atoms. The van der Waals surface area contributed by atoms with Crippen LogP contribution in [0.15, 0.2) is 18.2 Å². The Morgan fingerprint density at radius 3 is 2.71 bits per heavy atom. The van der Waals surface area contributed by atoms with E-state index in [0.717, 1.165) is 16.9 Å². The quantitative estimate of drug-likeness (QED) is 0.641. The number of nitrogens with two attached hydrogens (primary N) is 1. The molecule has 1 atom stereocenters. The average Bonchev–Trinajstić information content (AvgIpc) is 2.92. The van der Waals surface area contributed by atoms with E-state index in [1.165, 1.54) is 12.8 Å². The Balaban J connectivity index is 2.17. The van der Waals surface area contributed by atoms with Crippen molar-refractivity contribution in [3.63, 3.8) is 0 Å². The topological polar surface area (TPSA) is 58.3 Å². The second-order valence-electron chi connectivity index (χ2n) is 3.94. The van der Waals surface area contributed by atoms with Gasteiger partial charge in [-0.2, -0.15) is 0 Å². The minimum atomic E-state index is -0.452. The van der Waals surface area contributed by atoms with Gasteiger partial charge in [0, 0.05) is 6.04 Å². The lowest BCUT2D eigenvalue weighted by molar-refractivity contribution is 0.199. The van der Waals surface area contributed by atoms with Gasteiger partial charge in [0.25, 0.3) is 0 Å². The van der Waals surface area contributed by atoms with Gasteiger partial charge in [-0.1, -0.05) is 6.07 Å². The normalized spacial score (nSPS) is 17.9. The molecule has 1 aromatic carbocycles. The van der Waals surface area contributed by atoms with E-state index >= 15 is 0 Å². The fraction of sp³-hybridized carbons (Fsp3) is 0.455. The van der Waals surface area contributed by atoms with E-state index in [1.807, 2.05) is 18.2 Å². The zero-order valence-electron chi connectivity index (χ0n) is 8.33. The largest absolute Gasteiger partial charge is 0.397 e. The zero-order chi connectivity index (χ0) is 10.1. The summed E-state index contributed by atoms with van der Waals surface area (Å²) in [5.41, 5.74) is 8.43. The van der Waals surface area contributed by atoms with Crippen molar-refractivity contribution in [3.05, 3.63) is 23.8 Å². The van der Waals surface area contributed by atoms with Crippen LogP contribution in [0, 0.1) is 0 Å². The number of nitrogens with one attached hydrogen (secondary N) is 1. The minimum Gasteiger partial charge on any atom is -0.397 e. The molecule has 3 heteroatoms. The molecule has 1 fully saturated rings. The van der Waals surface area contributed by atoms with Gasteiger partial charge in [-0.25, -0.2) is 0 Å². The number of hydrogen-bond donors (Lipinski definition) is 3. The fourth-order valence-corrected chi connectivity index (χ4v) is 1.42. The maximum atomic E-state index is 9.36. The van der Waals surface area contributed by atoms with Crippen LogP contribution in [0.25, 0.3) is 0 Å². The van der Waals surface area contributed by atoms with Gasteiger partial charge in [0.05, 0.1) is 17.5 Å². The Kier molecular flexibility index (Phi) is 2.33. The summed E-state index contributed by atoms with van der Waals surface area (Å²) < 4.78 is 0. The highest BCUT2D eigenvalue weighted by atomic mass is 16.3. The molecule has 1 saturated carbocycles. The number of benzene rings is 1. The SMILES string of the molecule is C[C@@H](O)c1ccc(NC2CC2)c(N)c1. The highest BCUT2D eigenvalue weighted by Gasteiger charge is 2.21. The lowest BCUT2D eigenvalue weighted by Crippen LogP contribution is -2.04. The standard InChI is InChI=1S/C11H16N2O/c1-7(14)8-2-5-11(10(12)6-8)13-9-3-4-9/h2,5-7,9,13-14H,3-4,12H2,1H3/t7-/m1/s1. The van der Waals surface area contributed by atoms with Gasteiger partial charge in [0.2, 0.25) is 0 Å². The Morgan fingerprint density at radius 1 is 1.50 bits per heavy atom. The minimum absolute atomic E-state index is 0.452. The molecule has 1 aliphatic rings. The molecule has 2 rings (SSSR count). The lowest BCUT2D eigenvalue weighted by atomic mass is 10.1. The second kappa shape index (κ2) is 3.50. The summed E-state index contributed by atoms with van der Waals surface area (Å²) >= 11 is 0. The van der Waals surface area contributed by atoms with Crippen LogP contribution < -0.4 is 11.1 Å². The lowest BCUT2D eigenvalue weighted by Gasteiger charge is -2.11. The number of aliphatic hydroxyl groups excluding tert-OH is 1. The van der Waals surface area contributed by atoms with E-state index in [-0.39, 0.29) is 0 Å². The maximum Gasteiger partial charge on any atom is 0.0762 e. The molecule has 4 N–H and O–H groups in total. The molecule has 3 nitrogen and oxygen atoms in total. The first kappa shape index (κ1) is 9.34. The third-order valence-electron chi connectivity index (χ3n) is 2.50. The average molecular weight is 192 g/mol. The van der Waals surface area contributed by atoms with E-state index in [2.05, 4.69) is 5.32 Å². The Bertz CT molecular complexity index is 332. The number of hydrogen-bond acceptors (Lipinski definition) is 3. The molecule has 0 heterocycles. The fourth-order valence-electron chi connectivity index (χ4n) is 1.42. The van der Waals surface area contributed by atoms with Crippen LogP contribution in [-0.4, -0.2) is 11.1 Å². The Morgan fingerprint density at radius 2 is 2.21 bits per heavy atom. The summed E-state index contributed by atoms with van der Waals surface area (Å²) in [4.78, 5) is 0. The molecular weight excluding hydrogens is 176 g/mol. The van der Waals surface area contributed by atoms with Crippen molar-refractivity contribution in [2.75, 3.05) is 11.1 Å². The molecular formula is C11H16N2O. The predicted molar refractivity (Wildman–Crippen MR) is 58.1 cm³/mol. The van der Waals surface area contributed by atoms with E-state index in [4.69, 9.17) is 5.73 Å². The first-order chi connectivity index (χ1) is 6.66. The molecule has 0 spiro atoms. The van der Waals surface area contributed by atoms with Gasteiger partial charge >= 0.3 is 0 Å². The Hall–Kier alpha value is -1.22. The number of aliphatic hydroxyl groups is 1. The number of rotatable bonds is 3. The summed E-state index contributed by atoms with van der Waals surface area (Å²) in [5, 5.41) is 12.7. The molecule has 0 radical (unpaired) electrons. The molecule has 0 bridgehead atoms. The van der Waals surface area contributed by atoms with E-state index in [0.29, 0.717) is 6.04 Å². The van der Waals surface area contributed by atoms with E-state index in [1.54, 1.807) is 6.92 Å². The molecule has 0 aromatic heterocycles. The third-order valence-corrected chi connectivity index (χ3v) is 2.50.